The van der Waals surface area contributed by atoms with Crippen LogP contribution in [0.2, 0.25) is 0 Å². The van der Waals surface area contributed by atoms with Crippen LogP contribution in [0.15, 0.2) is 337 Å². The molecular formula is C103H88O6S. The maximum absolute atomic E-state index is 8.81. The summed E-state index contributed by atoms with van der Waals surface area (Å²) in [5.41, 5.74) is 2.79. The molecule has 7 heteroatoms. The Balaban J connectivity index is 0.000000131. The molecule has 0 aromatic heterocycles. The fourth-order valence-electron chi connectivity index (χ4n) is 15.5. The fourth-order valence-corrected chi connectivity index (χ4v) is 16.6. The van der Waals surface area contributed by atoms with Crippen LogP contribution in [-0.2, 0) is 30.2 Å². The van der Waals surface area contributed by atoms with Crippen LogP contribution < -0.4 is 4.74 Å². The SMILES string of the molecule is CC.CC=O.CC=O.COC.COC.COC.c1ccc2c(c1)cc(Cc1ccc3ccc4cccc5ccc1c3c45)c1ccccc12.c1ccc2c(c1)cc(Oc1ccc3ccc4cccc5ccc1c3c45)c1ccccc12.c1ccc2c(c1)cc(Sc1ccc3ccc4cccc5ccc1c3c45)c1ccccc12. The second kappa shape index (κ2) is 35.6. The molecule has 110 heavy (non-hydrogen) atoms. The number of hydrogen-bond acceptors (Lipinski definition) is 7. The van der Waals surface area contributed by atoms with E-state index in [0.29, 0.717) is 0 Å². The van der Waals surface area contributed by atoms with Gasteiger partial charge in [-0.3, -0.25) is 0 Å². The minimum atomic E-state index is 0.750. The van der Waals surface area contributed by atoms with Gasteiger partial charge < -0.3 is 28.5 Å². The first-order valence-electron chi connectivity index (χ1n) is 37.2. The number of fused-ring (bicyclic) bond motifs is 9. The summed E-state index contributed by atoms with van der Waals surface area (Å²) in [4.78, 5) is 20.2. The van der Waals surface area contributed by atoms with Gasteiger partial charge in [-0.2, -0.15) is 0 Å². The Morgan fingerprint density at radius 2 is 0.536 bits per heavy atom. The van der Waals surface area contributed by atoms with E-state index >= 15 is 0 Å². The molecule has 0 aliphatic rings. The lowest BCUT2D eigenvalue weighted by atomic mass is 9.88. The molecule has 0 radical (unpaired) electrons. The zero-order chi connectivity index (χ0) is 76.6. The van der Waals surface area contributed by atoms with Gasteiger partial charge in [0.1, 0.15) is 24.1 Å². The maximum atomic E-state index is 8.81. The third-order valence-corrected chi connectivity index (χ3v) is 20.9. The van der Waals surface area contributed by atoms with E-state index in [0.717, 1.165) is 41.3 Å². The van der Waals surface area contributed by atoms with Gasteiger partial charge in [-0.25, -0.2) is 0 Å². The quantitative estimate of drug-likeness (QED) is 0.121. The van der Waals surface area contributed by atoms with Crippen LogP contribution in [0.1, 0.15) is 38.8 Å². The first-order valence-corrected chi connectivity index (χ1v) is 38.0. The van der Waals surface area contributed by atoms with Crippen LogP contribution in [0.5, 0.6) is 11.5 Å². The number of aldehydes is 2. The summed E-state index contributed by atoms with van der Waals surface area (Å²) >= 11 is 1.88. The first kappa shape index (κ1) is 75.9. The molecule has 0 bridgehead atoms. The van der Waals surface area contributed by atoms with Crippen molar-refractivity contribution in [1.29, 1.82) is 0 Å². The van der Waals surface area contributed by atoms with Gasteiger partial charge in [0.25, 0.3) is 0 Å². The van der Waals surface area contributed by atoms with Gasteiger partial charge in [-0.15, -0.1) is 0 Å². The summed E-state index contributed by atoms with van der Waals surface area (Å²) in [6, 6.07) is 119. The monoisotopic (exact) mass is 1450 g/mol. The number of ether oxygens (including phenoxy) is 4. The average molecular weight is 1450 g/mol. The van der Waals surface area contributed by atoms with Crippen LogP contribution in [0.25, 0.3) is 162 Å². The van der Waals surface area contributed by atoms with Crippen LogP contribution in [0.3, 0.4) is 0 Å². The molecule has 21 rings (SSSR count). The topological polar surface area (TPSA) is 71.1 Å². The van der Waals surface area contributed by atoms with Crippen molar-refractivity contribution in [3.8, 4) is 11.5 Å². The molecule has 0 heterocycles. The number of methoxy groups -OCH3 is 3. The molecular weight excluding hydrogens is 1370 g/mol. The van der Waals surface area contributed by atoms with E-state index in [4.69, 9.17) is 14.3 Å². The number of carbonyl (C=O) groups is 2. The van der Waals surface area contributed by atoms with Crippen molar-refractivity contribution in [2.45, 2.75) is 43.9 Å². The zero-order valence-corrected chi connectivity index (χ0v) is 64.7. The lowest BCUT2D eigenvalue weighted by Gasteiger charge is -2.16. The Morgan fingerprint density at radius 3 is 1.01 bits per heavy atom. The minimum absolute atomic E-state index is 0.750. The normalized spacial score (nSPS) is 10.9. The van der Waals surface area contributed by atoms with Crippen molar-refractivity contribution >= 4 is 186 Å². The summed E-state index contributed by atoms with van der Waals surface area (Å²) in [6.45, 7) is 6.89. The molecule has 0 aliphatic carbocycles. The Labute approximate surface area is 647 Å². The maximum Gasteiger partial charge on any atom is 0.135 e. The highest BCUT2D eigenvalue weighted by Crippen LogP contribution is 2.46. The highest BCUT2D eigenvalue weighted by Gasteiger charge is 2.18. The van der Waals surface area contributed by atoms with Crippen molar-refractivity contribution in [1.82, 2.24) is 0 Å². The van der Waals surface area contributed by atoms with E-state index in [1.807, 2.05) is 25.6 Å². The van der Waals surface area contributed by atoms with Gasteiger partial charge in [0.15, 0.2) is 0 Å². The van der Waals surface area contributed by atoms with Gasteiger partial charge in [0.05, 0.1) is 0 Å². The largest absolute Gasteiger partial charge is 0.456 e. The van der Waals surface area contributed by atoms with Gasteiger partial charge in [0, 0.05) is 68.6 Å². The van der Waals surface area contributed by atoms with Crippen molar-refractivity contribution in [2.24, 2.45) is 0 Å². The van der Waals surface area contributed by atoms with Crippen molar-refractivity contribution in [3.63, 3.8) is 0 Å². The summed E-state index contributed by atoms with van der Waals surface area (Å²) in [6.07, 6.45) is 2.43. The van der Waals surface area contributed by atoms with Gasteiger partial charge in [-0.05, 0) is 207 Å². The molecule has 0 fully saturated rings. The van der Waals surface area contributed by atoms with Crippen LogP contribution in [-0.4, -0.2) is 55.2 Å². The van der Waals surface area contributed by atoms with Crippen LogP contribution in [0.4, 0.5) is 0 Å². The minimum Gasteiger partial charge on any atom is -0.456 e. The molecule has 542 valence electrons. The van der Waals surface area contributed by atoms with E-state index in [2.05, 4.69) is 342 Å². The lowest BCUT2D eigenvalue weighted by molar-refractivity contribution is -0.106. The Hall–Kier alpha value is -12.3. The molecule has 0 saturated heterocycles. The zero-order valence-electron chi connectivity index (χ0n) is 63.9. The van der Waals surface area contributed by atoms with E-state index in [-0.39, 0.29) is 0 Å². The number of rotatable bonds is 6. The van der Waals surface area contributed by atoms with Gasteiger partial charge in [0.2, 0.25) is 0 Å². The third-order valence-electron chi connectivity index (χ3n) is 19.7. The van der Waals surface area contributed by atoms with E-state index in [1.165, 1.54) is 186 Å². The molecule has 21 aromatic carbocycles. The van der Waals surface area contributed by atoms with Crippen molar-refractivity contribution in [2.75, 3.05) is 42.7 Å². The summed E-state index contributed by atoms with van der Waals surface area (Å²) in [5, 5.41) is 39.1. The predicted molar refractivity (Wildman–Crippen MR) is 475 cm³/mol. The Bertz CT molecular complexity index is 6050. The third kappa shape index (κ3) is 15.3. The first-order chi connectivity index (χ1) is 54.2. The number of carbonyl (C=O) groups excluding carboxylic acids is 2. The lowest BCUT2D eigenvalue weighted by Crippen LogP contribution is -1.94. The van der Waals surface area contributed by atoms with Crippen LogP contribution in [0, 0.1) is 0 Å². The average Bonchev–Trinajstić information content (AvgIpc) is 0.738. The standard InChI is InChI=1S/C31H20.C30H18O.C30H18S.3C2H6O.2C2H4O.C2H6/c1-2-9-26-23(6-1)18-25(27-10-3-4-11-29(26)27)19-24-15-14-22-13-12-20-7-5-8-21-16-17-28(24)31(22)30(20)21;2*1-2-9-23-22(6-1)18-28(25-11-4-3-10-24(23)25)31-27-17-15-21-13-12-19-7-5-8-20-14-16-26(27)30(21)29(19)20;3*1-3-2;2*1-2-3;1-2/h1-18H,19H2;2*1-18H;3*1-2H3;2*2H,1H3;1-2H3. The molecule has 0 amide bonds. The smallest absolute Gasteiger partial charge is 0.135 e. The molecule has 0 atom stereocenters. The Morgan fingerprint density at radius 1 is 0.236 bits per heavy atom. The van der Waals surface area contributed by atoms with Crippen molar-refractivity contribution in [3.05, 3.63) is 339 Å². The molecule has 0 N–H and O–H groups in total. The molecule has 0 spiro atoms. The fraction of sp³-hybridized carbons (Fsp3) is 0.107. The van der Waals surface area contributed by atoms with E-state index < -0.39 is 0 Å². The Kier molecular flexibility index (Phi) is 24.6. The molecule has 0 aliphatic heterocycles. The number of hydrogen-bond donors (Lipinski definition) is 0. The van der Waals surface area contributed by atoms with Crippen molar-refractivity contribution < 1.29 is 28.5 Å². The molecule has 6 nitrogen and oxygen atoms in total. The molecule has 0 unspecified atom stereocenters. The highest BCUT2D eigenvalue weighted by molar-refractivity contribution is 7.99. The summed E-state index contributed by atoms with van der Waals surface area (Å²) < 4.78 is 19.4. The molecule has 21 aromatic rings. The van der Waals surface area contributed by atoms with Crippen LogP contribution >= 0.6 is 11.8 Å². The van der Waals surface area contributed by atoms with Gasteiger partial charge in [-0.1, -0.05) is 323 Å². The van der Waals surface area contributed by atoms with E-state index in [1.54, 1.807) is 42.7 Å². The second-order valence-corrected chi connectivity index (χ2v) is 27.7. The highest BCUT2D eigenvalue weighted by atomic mass is 32.2. The summed E-state index contributed by atoms with van der Waals surface area (Å²) in [5.74, 6) is 1.79. The molecule has 0 saturated carbocycles. The van der Waals surface area contributed by atoms with Gasteiger partial charge >= 0.3 is 0 Å². The summed E-state index contributed by atoms with van der Waals surface area (Å²) in [7, 11) is 9.75. The second-order valence-electron chi connectivity index (χ2n) is 26.6. The van der Waals surface area contributed by atoms with E-state index in [9.17, 15) is 0 Å². The predicted octanol–water partition coefficient (Wildman–Crippen LogP) is 28.4. The number of benzene rings is 21.